The molecule has 3 aromatic rings. The van der Waals surface area contributed by atoms with Gasteiger partial charge in [-0.25, -0.2) is 12.4 Å². The SMILES string of the molecule is COc1ccc(S(OS(=O)(=O)C(F)(F)C(F)(F)C(F)(F)C(F)(F)F)(c2ccc(OC)cc2)c2ccc(F)cc2F)cc1. The van der Waals surface area contributed by atoms with Crippen LogP contribution in [0.2, 0.25) is 0 Å². The van der Waals surface area contributed by atoms with E-state index in [9.17, 15) is 52.3 Å². The van der Waals surface area contributed by atoms with Gasteiger partial charge in [0.15, 0.2) is 0 Å². The maximum Gasteiger partial charge on any atom is 0.460 e. The minimum atomic E-state index is -7.64. The number of rotatable bonds is 10. The largest absolute Gasteiger partial charge is 0.497 e. The summed E-state index contributed by atoms with van der Waals surface area (Å²) in [6.07, 6.45) is -7.34. The molecule has 5 nitrogen and oxygen atoms in total. The maximum atomic E-state index is 15.3. The fraction of sp³-hybridized carbons (Fsp3) is 0.250. The van der Waals surface area contributed by atoms with Crippen LogP contribution in [0, 0.1) is 11.6 Å². The quantitative estimate of drug-likeness (QED) is 0.207. The highest BCUT2D eigenvalue weighted by atomic mass is 32.3. The zero-order chi connectivity index (χ0) is 31.9. The van der Waals surface area contributed by atoms with Gasteiger partial charge in [0.2, 0.25) is 0 Å². The lowest BCUT2D eigenvalue weighted by Gasteiger charge is -2.41. The van der Waals surface area contributed by atoms with E-state index in [0.717, 1.165) is 48.5 Å². The van der Waals surface area contributed by atoms with E-state index in [1.54, 1.807) is 0 Å². The topological polar surface area (TPSA) is 61.8 Å². The van der Waals surface area contributed by atoms with Gasteiger partial charge in [0.05, 0.1) is 19.1 Å². The van der Waals surface area contributed by atoms with Gasteiger partial charge in [-0.1, -0.05) is 0 Å². The number of ether oxygens (including phenoxy) is 2. The van der Waals surface area contributed by atoms with Crippen molar-refractivity contribution in [2.45, 2.75) is 38.0 Å². The van der Waals surface area contributed by atoms with E-state index in [1.807, 2.05) is 0 Å². The second-order valence-corrected chi connectivity index (χ2v) is 12.6. The van der Waals surface area contributed by atoms with Gasteiger partial charge in [-0.2, -0.15) is 47.9 Å². The fourth-order valence-electron chi connectivity index (χ4n) is 3.44. The van der Waals surface area contributed by atoms with E-state index >= 15 is 4.39 Å². The average Bonchev–Trinajstić information content (AvgIpc) is 2.91. The number of benzene rings is 3. The average molecular weight is 659 g/mol. The molecule has 0 aliphatic rings. The lowest BCUT2D eigenvalue weighted by atomic mass is 10.1. The van der Waals surface area contributed by atoms with Gasteiger partial charge < -0.3 is 9.47 Å². The summed E-state index contributed by atoms with van der Waals surface area (Å²) in [7, 11) is -9.92. The molecule has 0 spiro atoms. The van der Waals surface area contributed by atoms with Crippen LogP contribution in [0.5, 0.6) is 11.5 Å². The standard InChI is InChI=1S/C24H17F11O5S2/c1-38-15-4-8-17(9-5-15)41(18-10-6-16(39-2)7-11-18,20-12-3-14(25)13-19(20)26)40-42(36,37)24(34,35)22(29,30)21(27,28)23(31,32)33/h3-13H,1-2H3. The van der Waals surface area contributed by atoms with Crippen molar-refractivity contribution in [1.29, 1.82) is 0 Å². The van der Waals surface area contributed by atoms with Crippen molar-refractivity contribution >= 4 is 20.4 Å². The fourth-order valence-corrected chi connectivity index (χ4v) is 8.64. The van der Waals surface area contributed by atoms with Crippen molar-refractivity contribution < 1.29 is 69.8 Å². The molecule has 0 amide bonds. The Morgan fingerprint density at radius 3 is 1.40 bits per heavy atom. The number of methoxy groups -OCH3 is 2. The summed E-state index contributed by atoms with van der Waals surface area (Å²) in [5, 5.41) is -7.27. The van der Waals surface area contributed by atoms with Crippen LogP contribution in [0.15, 0.2) is 81.4 Å². The number of hydrogen-bond acceptors (Lipinski definition) is 5. The Balaban J connectivity index is 2.44. The molecule has 0 aliphatic carbocycles. The van der Waals surface area contributed by atoms with Gasteiger partial charge in [-0.05, 0) is 71.0 Å². The first-order chi connectivity index (χ1) is 19.2. The Kier molecular flexibility index (Phi) is 8.79. The molecule has 232 valence electrons. The normalized spacial score (nSPS) is 14.0. The van der Waals surface area contributed by atoms with Gasteiger partial charge in [0.25, 0.3) is 0 Å². The summed E-state index contributed by atoms with van der Waals surface area (Å²) >= 11 is 0. The first-order valence-corrected chi connectivity index (χ1v) is 13.9. The van der Waals surface area contributed by atoms with Crippen molar-refractivity contribution in [1.82, 2.24) is 0 Å². The molecule has 0 aliphatic heterocycles. The second-order valence-electron chi connectivity index (χ2n) is 8.17. The van der Waals surface area contributed by atoms with Gasteiger partial charge >= 0.3 is 33.4 Å². The van der Waals surface area contributed by atoms with Crippen molar-refractivity contribution in [2.75, 3.05) is 14.2 Å². The molecule has 0 fully saturated rings. The third kappa shape index (κ3) is 5.34. The van der Waals surface area contributed by atoms with Crippen molar-refractivity contribution in [3.63, 3.8) is 0 Å². The summed E-state index contributed by atoms with van der Waals surface area (Å²) in [6, 6.07) is 8.99. The van der Waals surface area contributed by atoms with Crippen LogP contribution < -0.4 is 9.47 Å². The van der Waals surface area contributed by atoms with E-state index in [2.05, 4.69) is 3.63 Å². The molecule has 3 rings (SSSR count). The van der Waals surface area contributed by atoms with Crippen LogP contribution in [-0.4, -0.2) is 45.9 Å². The minimum Gasteiger partial charge on any atom is -0.497 e. The van der Waals surface area contributed by atoms with Crippen LogP contribution in [0.25, 0.3) is 0 Å². The Hall–Kier alpha value is -3.25. The van der Waals surface area contributed by atoms with E-state index in [0.29, 0.717) is 12.1 Å². The summed E-state index contributed by atoms with van der Waals surface area (Å²) in [5.41, 5.74) is 0. The Bertz CT molecular complexity index is 1480. The molecule has 0 bridgehead atoms. The molecule has 0 N–H and O–H groups in total. The van der Waals surface area contributed by atoms with Gasteiger partial charge in [0, 0.05) is 15.9 Å². The highest BCUT2D eigenvalue weighted by Crippen LogP contribution is 2.72. The minimum absolute atomic E-state index is 0.0332. The number of halogens is 11. The molecule has 42 heavy (non-hydrogen) atoms. The highest BCUT2D eigenvalue weighted by molar-refractivity contribution is 8.33. The number of alkyl halides is 9. The van der Waals surface area contributed by atoms with Crippen LogP contribution in [0.3, 0.4) is 0 Å². The highest BCUT2D eigenvalue weighted by Gasteiger charge is 2.86. The Morgan fingerprint density at radius 1 is 0.619 bits per heavy atom. The molecule has 0 radical (unpaired) electrons. The van der Waals surface area contributed by atoms with Gasteiger partial charge in [-0.15, -0.1) is 0 Å². The van der Waals surface area contributed by atoms with E-state index < -0.39 is 70.0 Å². The van der Waals surface area contributed by atoms with E-state index in [4.69, 9.17) is 9.47 Å². The first kappa shape index (κ1) is 33.3. The Labute approximate surface area is 232 Å². The number of hydrogen-bond donors (Lipinski definition) is 0. The molecule has 0 saturated carbocycles. The molecular weight excluding hydrogens is 641 g/mol. The van der Waals surface area contributed by atoms with Crippen molar-refractivity contribution in [2.24, 2.45) is 0 Å². The Morgan fingerprint density at radius 2 is 1.05 bits per heavy atom. The summed E-state index contributed by atoms with van der Waals surface area (Å²) in [4.78, 5) is -2.25. The lowest BCUT2D eigenvalue weighted by molar-refractivity contribution is -0.382. The van der Waals surface area contributed by atoms with Crippen molar-refractivity contribution in [3.05, 3.63) is 78.4 Å². The lowest BCUT2D eigenvalue weighted by Crippen LogP contribution is -2.63. The molecular formula is C24H17F11O5S2. The van der Waals surface area contributed by atoms with Gasteiger partial charge in [-0.3, -0.25) is 0 Å². The van der Waals surface area contributed by atoms with Crippen molar-refractivity contribution in [3.8, 4) is 11.5 Å². The summed E-state index contributed by atoms with van der Waals surface area (Å²) < 4.78 is 193. The molecule has 0 unspecified atom stereocenters. The predicted molar refractivity (Wildman–Crippen MR) is 126 cm³/mol. The molecule has 0 atom stereocenters. The monoisotopic (exact) mass is 658 g/mol. The predicted octanol–water partition coefficient (Wildman–Crippen LogP) is 7.95. The van der Waals surface area contributed by atoms with Crippen LogP contribution in [-0.2, 0) is 13.7 Å². The third-order valence-corrected chi connectivity index (χ3v) is 10.8. The summed E-state index contributed by atoms with van der Waals surface area (Å²) in [6.45, 7) is 0. The molecule has 18 heteroatoms. The second kappa shape index (κ2) is 11.1. The maximum absolute atomic E-state index is 15.3. The van der Waals surface area contributed by atoms with Crippen LogP contribution in [0.1, 0.15) is 0 Å². The zero-order valence-electron chi connectivity index (χ0n) is 20.9. The van der Waals surface area contributed by atoms with Crippen LogP contribution in [0.4, 0.5) is 48.3 Å². The molecule has 0 aromatic heterocycles. The molecule has 0 saturated heterocycles. The molecule has 0 heterocycles. The smallest absolute Gasteiger partial charge is 0.460 e. The van der Waals surface area contributed by atoms with Crippen LogP contribution >= 0.6 is 10.3 Å². The van der Waals surface area contributed by atoms with Gasteiger partial charge in [0.1, 0.15) is 23.1 Å². The zero-order valence-corrected chi connectivity index (χ0v) is 22.5. The summed E-state index contributed by atoms with van der Waals surface area (Å²) in [5.74, 6) is -18.1. The van der Waals surface area contributed by atoms with E-state index in [1.165, 1.54) is 14.2 Å². The molecule has 3 aromatic carbocycles. The first-order valence-electron chi connectivity index (χ1n) is 10.9. The third-order valence-electron chi connectivity index (χ3n) is 5.61. The van der Waals surface area contributed by atoms with E-state index in [-0.39, 0.29) is 17.6 Å².